The Balaban J connectivity index is 2.27. The van der Waals surface area contributed by atoms with Crippen molar-refractivity contribution in [3.8, 4) is 0 Å². The molecule has 2 rings (SSSR count). The van der Waals surface area contributed by atoms with Crippen LogP contribution in [0.5, 0.6) is 0 Å². The first-order valence-electron chi connectivity index (χ1n) is 6.18. The van der Waals surface area contributed by atoms with Crippen molar-refractivity contribution in [2.24, 2.45) is 5.73 Å². The second-order valence-corrected chi connectivity index (χ2v) is 6.26. The fourth-order valence-corrected chi connectivity index (χ4v) is 3.01. The molecule has 0 radical (unpaired) electrons. The highest BCUT2D eigenvalue weighted by Crippen LogP contribution is 2.22. The predicted octanol–water partition coefficient (Wildman–Crippen LogP) is 1.47. The standard InChI is InChI=1S/C14H17N3O2S/c15-9-10-17-12-3-7-14(8-4-12)20(18,19)13-5-1-11(16)2-6-13/h1-8,17H,9-10,15-16H2. The molecule has 0 amide bonds. The molecular weight excluding hydrogens is 274 g/mol. The summed E-state index contributed by atoms with van der Waals surface area (Å²) >= 11 is 0. The van der Waals surface area contributed by atoms with Gasteiger partial charge >= 0.3 is 0 Å². The minimum Gasteiger partial charge on any atom is -0.399 e. The minimum atomic E-state index is -3.50. The van der Waals surface area contributed by atoms with Crippen LogP contribution >= 0.6 is 0 Å². The summed E-state index contributed by atoms with van der Waals surface area (Å²) in [5, 5.41) is 3.08. The van der Waals surface area contributed by atoms with Crippen LogP contribution in [-0.2, 0) is 9.84 Å². The molecule has 0 heterocycles. The molecule has 5 N–H and O–H groups in total. The number of sulfone groups is 1. The fourth-order valence-electron chi connectivity index (χ4n) is 1.75. The number of hydrogen-bond acceptors (Lipinski definition) is 5. The zero-order valence-electron chi connectivity index (χ0n) is 10.9. The average Bonchev–Trinajstić information content (AvgIpc) is 2.46. The maximum Gasteiger partial charge on any atom is 0.206 e. The molecule has 0 spiro atoms. The normalized spacial score (nSPS) is 11.2. The molecule has 6 heteroatoms. The van der Waals surface area contributed by atoms with Crippen LogP contribution in [-0.4, -0.2) is 21.5 Å². The van der Waals surface area contributed by atoms with Gasteiger partial charge in [-0.1, -0.05) is 0 Å². The third-order valence-corrected chi connectivity index (χ3v) is 4.61. The number of rotatable bonds is 5. The van der Waals surface area contributed by atoms with Gasteiger partial charge in [0.05, 0.1) is 9.79 Å². The first-order valence-corrected chi connectivity index (χ1v) is 7.67. The van der Waals surface area contributed by atoms with Crippen LogP contribution in [0.1, 0.15) is 0 Å². The summed E-state index contributed by atoms with van der Waals surface area (Å²) in [6, 6.07) is 12.7. The molecule has 0 atom stereocenters. The first kappa shape index (κ1) is 14.4. The molecule has 0 unspecified atom stereocenters. The Kier molecular flexibility index (Phi) is 4.26. The van der Waals surface area contributed by atoms with Crippen molar-refractivity contribution in [3.63, 3.8) is 0 Å². The number of anilines is 2. The van der Waals surface area contributed by atoms with E-state index in [0.29, 0.717) is 18.8 Å². The quantitative estimate of drug-likeness (QED) is 0.725. The van der Waals surface area contributed by atoms with Crippen molar-refractivity contribution in [3.05, 3.63) is 48.5 Å². The Morgan fingerprint density at radius 1 is 0.900 bits per heavy atom. The van der Waals surface area contributed by atoms with Crippen LogP contribution in [0.15, 0.2) is 58.3 Å². The molecular formula is C14H17N3O2S. The topological polar surface area (TPSA) is 98.2 Å². The highest BCUT2D eigenvalue weighted by atomic mass is 32.2. The van der Waals surface area contributed by atoms with Gasteiger partial charge in [0.1, 0.15) is 0 Å². The van der Waals surface area contributed by atoms with Crippen molar-refractivity contribution >= 4 is 21.2 Å². The second kappa shape index (κ2) is 5.94. The molecule has 0 saturated heterocycles. The van der Waals surface area contributed by atoms with Gasteiger partial charge in [0.25, 0.3) is 0 Å². The molecule has 0 fully saturated rings. The summed E-state index contributed by atoms with van der Waals surface area (Å²) in [6.07, 6.45) is 0. The van der Waals surface area contributed by atoms with Gasteiger partial charge in [0, 0.05) is 24.5 Å². The summed E-state index contributed by atoms with van der Waals surface area (Å²) < 4.78 is 24.8. The summed E-state index contributed by atoms with van der Waals surface area (Å²) in [7, 11) is -3.50. The van der Waals surface area contributed by atoms with Gasteiger partial charge in [-0.05, 0) is 48.5 Å². The Hall–Kier alpha value is -2.05. The molecule has 20 heavy (non-hydrogen) atoms. The Labute approximate surface area is 118 Å². The third kappa shape index (κ3) is 3.09. The molecule has 0 aliphatic carbocycles. The minimum absolute atomic E-state index is 0.231. The second-order valence-electron chi connectivity index (χ2n) is 4.31. The zero-order valence-corrected chi connectivity index (χ0v) is 11.7. The molecule has 0 aliphatic rings. The first-order chi connectivity index (χ1) is 9.54. The Morgan fingerprint density at radius 2 is 1.40 bits per heavy atom. The van der Waals surface area contributed by atoms with Crippen molar-refractivity contribution in [1.82, 2.24) is 0 Å². The van der Waals surface area contributed by atoms with Crippen molar-refractivity contribution in [1.29, 1.82) is 0 Å². The fraction of sp³-hybridized carbons (Fsp3) is 0.143. The highest BCUT2D eigenvalue weighted by molar-refractivity contribution is 7.91. The van der Waals surface area contributed by atoms with Gasteiger partial charge < -0.3 is 16.8 Å². The molecule has 2 aromatic carbocycles. The summed E-state index contributed by atoms with van der Waals surface area (Å²) in [5.74, 6) is 0. The van der Waals surface area contributed by atoms with Crippen LogP contribution in [0.3, 0.4) is 0 Å². The van der Waals surface area contributed by atoms with Crippen molar-refractivity contribution < 1.29 is 8.42 Å². The summed E-state index contributed by atoms with van der Waals surface area (Å²) in [5.41, 5.74) is 12.3. The van der Waals surface area contributed by atoms with E-state index in [9.17, 15) is 8.42 Å². The van der Waals surface area contributed by atoms with Crippen LogP contribution in [0.25, 0.3) is 0 Å². The molecule has 0 saturated carbocycles. The van der Waals surface area contributed by atoms with E-state index < -0.39 is 9.84 Å². The lowest BCUT2D eigenvalue weighted by molar-refractivity contribution is 0.596. The van der Waals surface area contributed by atoms with E-state index in [1.54, 1.807) is 36.4 Å². The molecule has 2 aromatic rings. The van der Waals surface area contributed by atoms with Crippen LogP contribution < -0.4 is 16.8 Å². The number of nitrogens with two attached hydrogens (primary N) is 2. The van der Waals surface area contributed by atoms with Gasteiger partial charge in [0.15, 0.2) is 0 Å². The molecule has 0 aromatic heterocycles. The van der Waals surface area contributed by atoms with E-state index in [-0.39, 0.29) is 9.79 Å². The van der Waals surface area contributed by atoms with E-state index in [4.69, 9.17) is 11.5 Å². The highest BCUT2D eigenvalue weighted by Gasteiger charge is 2.16. The Bertz CT molecular complexity index is 665. The zero-order chi connectivity index (χ0) is 14.6. The van der Waals surface area contributed by atoms with E-state index in [1.165, 1.54) is 12.1 Å². The maximum absolute atomic E-state index is 12.4. The lowest BCUT2D eigenvalue weighted by Gasteiger charge is -2.07. The Morgan fingerprint density at radius 3 is 1.90 bits per heavy atom. The van der Waals surface area contributed by atoms with Gasteiger partial charge in [-0.3, -0.25) is 0 Å². The number of hydrogen-bond donors (Lipinski definition) is 3. The van der Waals surface area contributed by atoms with Gasteiger partial charge in [-0.2, -0.15) is 0 Å². The molecule has 0 aliphatic heterocycles. The van der Waals surface area contributed by atoms with Crippen LogP contribution in [0, 0.1) is 0 Å². The summed E-state index contributed by atoms with van der Waals surface area (Å²) in [4.78, 5) is 0.481. The van der Waals surface area contributed by atoms with Crippen LogP contribution in [0.2, 0.25) is 0 Å². The van der Waals surface area contributed by atoms with E-state index in [1.807, 2.05) is 0 Å². The summed E-state index contributed by atoms with van der Waals surface area (Å²) in [6.45, 7) is 1.16. The largest absolute Gasteiger partial charge is 0.399 e. The van der Waals surface area contributed by atoms with Crippen LogP contribution in [0.4, 0.5) is 11.4 Å². The third-order valence-electron chi connectivity index (χ3n) is 2.83. The van der Waals surface area contributed by atoms with Crippen molar-refractivity contribution in [2.75, 3.05) is 24.1 Å². The van der Waals surface area contributed by atoms with Gasteiger partial charge in [-0.15, -0.1) is 0 Å². The lowest BCUT2D eigenvalue weighted by atomic mass is 10.3. The van der Waals surface area contributed by atoms with Crippen molar-refractivity contribution in [2.45, 2.75) is 9.79 Å². The van der Waals surface area contributed by atoms with Gasteiger partial charge in [0.2, 0.25) is 9.84 Å². The SMILES string of the molecule is NCCNc1ccc(S(=O)(=O)c2ccc(N)cc2)cc1. The number of benzene rings is 2. The smallest absolute Gasteiger partial charge is 0.206 e. The van der Waals surface area contributed by atoms with E-state index in [0.717, 1.165) is 5.69 Å². The lowest BCUT2D eigenvalue weighted by Crippen LogP contribution is -2.13. The van der Waals surface area contributed by atoms with E-state index in [2.05, 4.69) is 5.32 Å². The monoisotopic (exact) mass is 291 g/mol. The van der Waals surface area contributed by atoms with Gasteiger partial charge in [-0.25, -0.2) is 8.42 Å². The average molecular weight is 291 g/mol. The molecule has 5 nitrogen and oxygen atoms in total. The predicted molar refractivity (Wildman–Crippen MR) is 80.3 cm³/mol. The number of nitrogens with one attached hydrogen (secondary N) is 1. The maximum atomic E-state index is 12.4. The molecule has 0 bridgehead atoms. The molecule has 106 valence electrons. The van der Waals surface area contributed by atoms with E-state index >= 15 is 0 Å². The number of nitrogen functional groups attached to an aromatic ring is 1.